The first-order valence-corrected chi connectivity index (χ1v) is 4.37. The predicted molar refractivity (Wildman–Crippen MR) is 48.1 cm³/mol. The molecule has 0 bridgehead atoms. The van der Waals surface area contributed by atoms with Gasteiger partial charge in [0.25, 0.3) is 0 Å². The molecule has 1 fully saturated rings. The Morgan fingerprint density at radius 2 is 2.00 bits per heavy atom. The molecule has 80 valence electrons. The van der Waals surface area contributed by atoms with Crippen molar-refractivity contribution in [2.45, 2.75) is 18.4 Å². The summed E-state index contributed by atoms with van der Waals surface area (Å²) in [5.74, 6) is -2.66. The third-order valence-corrected chi connectivity index (χ3v) is 2.57. The largest absolute Gasteiger partial charge is 0.321 e. The van der Waals surface area contributed by atoms with Gasteiger partial charge in [-0.15, -0.1) is 0 Å². The summed E-state index contributed by atoms with van der Waals surface area (Å²) in [4.78, 5) is 9.48. The summed E-state index contributed by atoms with van der Waals surface area (Å²) in [7, 11) is 0. The Hall–Kier alpha value is -1.56. The maximum atomic E-state index is 13.0. The number of rotatable bonds is 2. The van der Waals surface area contributed by atoms with Crippen molar-refractivity contribution in [3.63, 3.8) is 0 Å². The van der Waals surface area contributed by atoms with E-state index >= 15 is 0 Å². The third kappa shape index (κ3) is 1.56. The van der Waals surface area contributed by atoms with Gasteiger partial charge in [-0.05, 0) is 24.5 Å². The van der Waals surface area contributed by atoms with E-state index in [4.69, 9.17) is 5.73 Å². The van der Waals surface area contributed by atoms with Gasteiger partial charge in [0.1, 0.15) is 0 Å². The first-order chi connectivity index (χ1) is 6.94. The molecule has 6 heteroatoms. The normalized spacial score (nSPS) is 17.5. The van der Waals surface area contributed by atoms with Crippen LogP contribution in [0.3, 0.4) is 0 Å². The Bertz CT molecular complexity index is 444. The average molecular weight is 214 g/mol. The summed E-state index contributed by atoms with van der Waals surface area (Å²) >= 11 is 0. The molecule has 0 aromatic heterocycles. The molecule has 1 saturated carbocycles. The Kier molecular flexibility index (Phi) is 1.97. The number of hydrogen-bond donors (Lipinski definition) is 1. The number of nitrogens with zero attached hydrogens (tertiary/aromatic N) is 1. The van der Waals surface area contributed by atoms with Gasteiger partial charge in [0.2, 0.25) is 5.82 Å². The van der Waals surface area contributed by atoms with Crippen molar-refractivity contribution in [3.05, 3.63) is 39.4 Å². The molecule has 2 N–H and O–H groups in total. The Morgan fingerprint density at radius 1 is 1.40 bits per heavy atom. The molecule has 0 aliphatic heterocycles. The van der Waals surface area contributed by atoms with Crippen LogP contribution < -0.4 is 5.73 Å². The minimum atomic E-state index is -1.44. The lowest BCUT2D eigenvalue weighted by Crippen LogP contribution is -2.19. The van der Waals surface area contributed by atoms with Crippen molar-refractivity contribution >= 4 is 5.69 Å². The van der Waals surface area contributed by atoms with Gasteiger partial charge in [-0.2, -0.15) is 4.39 Å². The molecular formula is C9H8F2N2O2. The molecule has 1 aromatic carbocycles. The fourth-order valence-corrected chi connectivity index (χ4v) is 1.42. The number of nitro benzene ring substituents is 1. The fraction of sp³-hybridized carbons (Fsp3) is 0.333. The third-order valence-electron chi connectivity index (χ3n) is 2.57. The van der Waals surface area contributed by atoms with Crippen molar-refractivity contribution < 1.29 is 13.7 Å². The predicted octanol–water partition coefficient (Wildman–Crippen LogP) is 1.82. The van der Waals surface area contributed by atoms with E-state index in [0.29, 0.717) is 12.8 Å². The van der Waals surface area contributed by atoms with Gasteiger partial charge in [0.15, 0.2) is 5.82 Å². The molecule has 0 atom stereocenters. The Balaban J connectivity index is 2.56. The van der Waals surface area contributed by atoms with E-state index in [1.807, 2.05) is 0 Å². The highest BCUT2D eigenvalue weighted by molar-refractivity contribution is 5.42. The van der Waals surface area contributed by atoms with Crippen LogP contribution in [0.4, 0.5) is 14.5 Å². The summed E-state index contributed by atoms with van der Waals surface area (Å²) in [5, 5.41) is 10.4. The maximum absolute atomic E-state index is 13.0. The molecule has 0 amide bonds. The SMILES string of the molecule is NC1(c2cc(F)c(F)c([N+](=O)[O-])c2)CC1. The summed E-state index contributed by atoms with van der Waals surface area (Å²) in [6.45, 7) is 0. The van der Waals surface area contributed by atoms with E-state index in [2.05, 4.69) is 0 Å². The fourth-order valence-electron chi connectivity index (χ4n) is 1.42. The number of hydrogen-bond acceptors (Lipinski definition) is 3. The van der Waals surface area contributed by atoms with E-state index in [9.17, 15) is 18.9 Å². The number of nitro groups is 1. The monoisotopic (exact) mass is 214 g/mol. The van der Waals surface area contributed by atoms with Crippen LogP contribution in [-0.2, 0) is 5.54 Å². The van der Waals surface area contributed by atoms with Crippen molar-refractivity contribution in [3.8, 4) is 0 Å². The molecule has 15 heavy (non-hydrogen) atoms. The summed E-state index contributed by atoms with van der Waals surface area (Å²) in [5.41, 5.74) is 4.46. The van der Waals surface area contributed by atoms with Crippen LogP contribution in [-0.4, -0.2) is 4.92 Å². The van der Waals surface area contributed by atoms with Crippen LogP contribution in [0.1, 0.15) is 18.4 Å². The van der Waals surface area contributed by atoms with E-state index in [0.717, 1.165) is 12.1 Å². The van der Waals surface area contributed by atoms with Gasteiger partial charge >= 0.3 is 5.69 Å². The summed E-state index contributed by atoms with van der Waals surface area (Å²) < 4.78 is 26.0. The second-order valence-electron chi connectivity index (χ2n) is 3.70. The van der Waals surface area contributed by atoms with Gasteiger partial charge in [0, 0.05) is 11.6 Å². The van der Waals surface area contributed by atoms with E-state index in [-0.39, 0.29) is 5.56 Å². The van der Waals surface area contributed by atoms with Crippen LogP contribution in [0, 0.1) is 21.7 Å². The molecule has 0 saturated heterocycles. The lowest BCUT2D eigenvalue weighted by Gasteiger charge is -2.09. The first kappa shape index (κ1) is 9.97. The number of halogens is 2. The molecule has 1 aliphatic rings. The lowest BCUT2D eigenvalue weighted by atomic mass is 10.0. The number of nitrogens with two attached hydrogens (primary N) is 1. The zero-order valence-electron chi connectivity index (χ0n) is 7.67. The molecule has 0 spiro atoms. The van der Waals surface area contributed by atoms with Crippen LogP contribution in [0.2, 0.25) is 0 Å². The van der Waals surface area contributed by atoms with Gasteiger partial charge in [-0.25, -0.2) is 4.39 Å². The highest BCUT2D eigenvalue weighted by atomic mass is 19.2. The molecule has 0 heterocycles. The highest BCUT2D eigenvalue weighted by Gasteiger charge is 2.41. The first-order valence-electron chi connectivity index (χ1n) is 4.37. The van der Waals surface area contributed by atoms with Crippen molar-refractivity contribution in [1.29, 1.82) is 0 Å². The standard InChI is InChI=1S/C9H8F2N2O2/c10-6-3-5(9(12)1-2-9)4-7(8(6)11)13(14)15/h3-4H,1-2,12H2. The maximum Gasteiger partial charge on any atom is 0.308 e. The van der Waals surface area contributed by atoms with Crippen LogP contribution in [0.15, 0.2) is 12.1 Å². The second kappa shape index (κ2) is 2.96. The molecule has 2 rings (SSSR count). The van der Waals surface area contributed by atoms with E-state index in [1.54, 1.807) is 0 Å². The van der Waals surface area contributed by atoms with E-state index < -0.39 is 27.8 Å². The molecule has 0 radical (unpaired) electrons. The van der Waals surface area contributed by atoms with Crippen LogP contribution in [0.5, 0.6) is 0 Å². The number of benzene rings is 1. The Labute approximate surface area is 83.8 Å². The zero-order valence-corrected chi connectivity index (χ0v) is 7.67. The summed E-state index contributed by atoms with van der Waals surface area (Å²) in [6, 6.07) is 1.93. The highest BCUT2D eigenvalue weighted by Crippen LogP contribution is 2.44. The second-order valence-corrected chi connectivity index (χ2v) is 3.70. The van der Waals surface area contributed by atoms with Gasteiger partial charge < -0.3 is 5.73 Å². The molecular weight excluding hydrogens is 206 g/mol. The topological polar surface area (TPSA) is 69.2 Å². The van der Waals surface area contributed by atoms with Crippen LogP contribution in [0.25, 0.3) is 0 Å². The van der Waals surface area contributed by atoms with Crippen molar-refractivity contribution in [2.75, 3.05) is 0 Å². The minimum absolute atomic E-state index is 0.285. The lowest BCUT2D eigenvalue weighted by molar-refractivity contribution is -0.387. The smallest absolute Gasteiger partial charge is 0.308 e. The Morgan fingerprint density at radius 3 is 2.47 bits per heavy atom. The minimum Gasteiger partial charge on any atom is -0.321 e. The van der Waals surface area contributed by atoms with Crippen molar-refractivity contribution in [2.24, 2.45) is 5.73 Å². The zero-order chi connectivity index (χ0) is 11.2. The molecule has 1 aliphatic carbocycles. The molecule has 1 aromatic rings. The van der Waals surface area contributed by atoms with Crippen LogP contribution >= 0.6 is 0 Å². The molecule has 4 nitrogen and oxygen atoms in total. The van der Waals surface area contributed by atoms with Gasteiger partial charge in [0.05, 0.1) is 4.92 Å². The van der Waals surface area contributed by atoms with Gasteiger partial charge in [-0.3, -0.25) is 10.1 Å². The molecule has 0 unspecified atom stereocenters. The average Bonchev–Trinajstić information content (AvgIpc) is 2.89. The quantitative estimate of drug-likeness (QED) is 0.603. The summed E-state index contributed by atoms with van der Waals surface area (Å²) in [6.07, 6.45) is 1.27. The van der Waals surface area contributed by atoms with Crippen molar-refractivity contribution in [1.82, 2.24) is 0 Å². The van der Waals surface area contributed by atoms with E-state index in [1.165, 1.54) is 0 Å². The van der Waals surface area contributed by atoms with Gasteiger partial charge in [-0.1, -0.05) is 0 Å².